The van der Waals surface area contributed by atoms with Gasteiger partial charge in [-0.15, -0.1) is 0 Å². The number of anilines is 1. The number of hydrogen-bond donors (Lipinski definition) is 1. The van der Waals surface area contributed by atoms with E-state index in [1.807, 2.05) is 45.9 Å². The van der Waals surface area contributed by atoms with E-state index in [0.717, 1.165) is 15.7 Å². The van der Waals surface area contributed by atoms with Crippen LogP contribution in [-0.4, -0.2) is 23.9 Å². The van der Waals surface area contributed by atoms with Crippen LogP contribution in [0.2, 0.25) is 0 Å². The summed E-state index contributed by atoms with van der Waals surface area (Å²) in [5.74, 6) is -0.181. The number of aryl methyl sites for hydroxylation is 1. The summed E-state index contributed by atoms with van der Waals surface area (Å²) in [5.41, 5.74) is 1.47. The normalized spacial score (nSPS) is 23.2. The predicted molar refractivity (Wildman–Crippen MR) is 87.2 cm³/mol. The Balaban J connectivity index is 2.48. The molecule has 4 nitrogen and oxygen atoms in total. The Hall–Kier alpha value is -1.36. The number of amides is 2. The maximum atomic E-state index is 12.8. The molecule has 2 amide bonds. The molecule has 0 bridgehead atoms. The van der Waals surface area contributed by atoms with E-state index in [-0.39, 0.29) is 17.2 Å². The first-order valence-electron chi connectivity index (χ1n) is 7.02. The fourth-order valence-corrected chi connectivity index (χ4v) is 3.16. The lowest BCUT2D eigenvalue weighted by atomic mass is 9.84. The molecule has 2 rings (SSSR count). The molecule has 1 fully saturated rings. The Kier molecular flexibility index (Phi) is 4.15. The van der Waals surface area contributed by atoms with Gasteiger partial charge in [0.2, 0.25) is 5.91 Å². The van der Waals surface area contributed by atoms with Crippen molar-refractivity contribution in [2.75, 3.05) is 4.90 Å². The van der Waals surface area contributed by atoms with Gasteiger partial charge in [0.05, 0.1) is 0 Å². The summed E-state index contributed by atoms with van der Waals surface area (Å²) in [5, 5.41) is 2.84. The minimum Gasteiger partial charge on any atom is -0.342 e. The van der Waals surface area contributed by atoms with E-state index in [1.54, 1.807) is 11.8 Å². The molecule has 2 atom stereocenters. The van der Waals surface area contributed by atoms with Crippen LogP contribution in [0.15, 0.2) is 22.7 Å². The number of halogens is 1. The summed E-state index contributed by atoms with van der Waals surface area (Å²) in [4.78, 5) is 26.7. The zero-order valence-electron chi connectivity index (χ0n) is 13.0. The molecular weight excluding hydrogens is 332 g/mol. The molecule has 1 aliphatic heterocycles. The standard InChI is InChI=1S/C16H21BrN2O2/c1-9-6-11(17)8-12(7-9)19-10(2)14(20)18-13(15(19)21)16(3,4)5/h6-8,10,13H,1-5H3,(H,18,20). The molecule has 1 aliphatic rings. The van der Waals surface area contributed by atoms with E-state index in [2.05, 4.69) is 21.2 Å². The van der Waals surface area contributed by atoms with Gasteiger partial charge in [-0.1, -0.05) is 36.7 Å². The van der Waals surface area contributed by atoms with Crippen molar-refractivity contribution in [1.82, 2.24) is 5.32 Å². The predicted octanol–water partition coefficient (Wildman–Crippen LogP) is 3.02. The number of rotatable bonds is 1. The maximum Gasteiger partial charge on any atom is 0.250 e. The van der Waals surface area contributed by atoms with Crippen molar-refractivity contribution in [2.24, 2.45) is 5.41 Å². The van der Waals surface area contributed by atoms with Crippen LogP contribution < -0.4 is 10.2 Å². The summed E-state index contributed by atoms with van der Waals surface area (Å²) in [6.45, 7) is 9.58. The molecule has 0 radical (unpaired) electrons. The van der Waals surface area contributed by atoms with Gasteiger partial charge in [-0.05, 0) is 43.0 Å². The Morgan fingerprint density at radius 1 is 1.19 bits per heavy atom. The highest BCUT2D eigenvalue weighted by Crippen LogP contribution is 2.30. The van der Waals surface area contributed by atoms with Crippen molar-refractivity contribution in [3.63, 3.8) is 0 Å². The minimum absolute atomic E-state index is 0.0629. The summed E-state index contributed by atoms with van der Waals surface area (Å²) in [6.07, 6.45) is 0. The van der Waals surface area contributed by atoms with Gasteiger partial charge in [-0.3, -0.25) is 14.5 Å². The number of piperazine rings is 1. The topological polar surface area (TPSA) is 49.4 Å². The second-order valence-corrected chi connectivity index (χ2v) is 7.59. The minimum atomic E-state index is -0.513. The van der Waals surface area contributed by atoms with Crippen molar-refractivity contribution in [2.45, 2.75) is 46.7 Å². The first-order chi connectivity index (χ1) is 9.61. The van der Waals surface area contributed by atoms with E-state index >= 15 is 0 Å². The third-order valence-electron chi connectivity index (χ3n) is 3.71. The Labute approximate surface area is 134 Å². The average molecular weight is 353 g/mol. The average Bonchev–Trinajstić information content (AvgIpc) is 2.31. The van der Waals surface area contributed by atoms with Gasteiger partial charge in [0.25, 0.3) is 5.91 Å². The van der Waals surface area contributed by atoms with Gasteiger partial charge >= 0.3 is 0 Å². The van der Waals surface area contributed by atoms with Crippen molar-refractivity contribution < 1.29 is 9.59 Å². The van der Waals surface area contributed by atoms with Crippen LogP contribution >= 0.6 is 15.9 Å². The van der Waals surface area contributed by atoms with Gasteiger partial charge in [0.1, 0.15) is 12.1 Å². The molecule has 0 saturated carbocycles. The number of benzene rings is 1. The fourth-order valence-electron chi connectivity index (χ4n) is 2.57. The lowest BCUT2D eigenvalue weighted by molar-refractivity contribution is -0.136. The molecule has 1 aromatic rings. The van der Waals surface area contributed by atoms with Gasteiger partial charge in [-0.25, -0.2) is 0 Å². The van der Waals surface area contributed by atoms with E-state index in [9.17, 15) is 9.59 Å². The molecule has 0 aliphatic carbocycles. The van der Waals surface area contributed by atoms with Crippen LogP contribution in [0, 0.1) is 12.3 Å². The van der Waals surface area contributed by atoms with Crippen molar-refractivity contribution in [3.05, 3.63) is 28.2 Å². The quantitative estimate of drug-likeness (QED) is 0.844. The number of carbonyl (C=O) groups is 2. The van der Waals surface area contributed by atoms with Gasteiger partial charge < -0.3 is 5.32 Å². The first kappa shape index (κ1) is 16.0. The molecule has 1 saturated heterocycles. The lowest BCUT2D eigenvalue weighted by Gasteiger charge is -2.42. The first-order valence-corrected chi connectivity index (χ1v) is 7.81. The highest BCUT2D eigenvalue weighted by Gasteiger charge is 2.44. The SMILES string of the molecule is Cc1cc(Br)cc(N2C(=O)C(C(C)(C)C)NC(=O)C2C)c1. The molecule has 114 valence electrons. The van der Waals surface area contributed by atoms with Crippen molar-refractivity contribution in [1.29, 1.82) is 0 Å². The molecule has 21 heavy (non-hydrogen) atoms. The van der Waals surface area contributed by atoms with Gasteiger partial charge in [-0.2, -0.15) is 0 Å². The molecule has 2 unspecified atom stereocenters. The fraction of sp³-hybridized carbons (Fsp3) is 0.500. The van der Waals surface area contributed by atoms with Gasteiger partial charge in [0.15, 0.2) is 0 Å². The summed E-state index contributed by atoms with van der Waals surface area (Å²) >= 11 is 3.45. The second kappa shape index (κ2) is 5.44. The molecule has 5 heteroatoms. The van der Waals surface area contributed by atoms with Crippen molar-refractivity contribution in [3.8, 4) is 0 Å². The highest BCUT2D eigenvalue weighted by atomic mass is 79.9. The largest absolute Gasteiger partial charge is 0.342 e. The van der Waals surface area contributed by atoms with Crippen LogP contribution in [0.25, 0.3) is 0 Å². The lowest BCUT2D eigenvalue weighted by Crippen LogP contribution is -2.66. The summed E-state index contributed by atoms with van der Waals surface area (Å²) < 4.78 is 0.899. The van der Waals surface area contributed by atoms with Gasteiger partial charge in [0, 0.05) is 10.2 Å². The Morgan fingerprint density at radius 3 is 2.33 bits per heavy atom. The van der Waals surface area contributed by atoms with E-state index in [4.69, 9.17) is 0 Å². The molecule has 1 N–H and O–H groups in total. The van der Waals surface area contributed by atoms with Crippen molar-refractivity contribution >= 4 is 33.4 Å². The summed E-state index contributed by atoms with van der Waals surface area (Å²) in [7, 11) is 0. The number of carbonyl (C=O) groups excluding carboxylic acids is 2. The van der Waals surface area contributed by atoms with Crippen LogP contribution in [-0.2, 0) is 9.59 Å². The summed E-state index contributed by atoms with van der Waals surface area (Å²) in [6, 6.07) is 4.76. The smallest absolute Gasteiger partial charge is 0.250 e. The van der Waals surface area contributed by atoms with E-state index in [1.165, 1.54) is 0 Å². The number of nitrogens with zero attached hydrogens (tertiary/aromatic N) is 1. The number of nitrogens with one attached hydrogen (secondary N) is 1. The monoisotopic (exact) mass is 352 g/mol. The Morgan fingerprint density at radius 2 is 1.81 bits per heavy atom. The highest BCUT2D eigenvalue weighted by molar-refractivity contribution is 9.10. The Bertz CT molecular complexity index is 572. The van der Waals surface area contributed by atoms with Crippen LogP contribution in [0.3, 0.4) is 0 Å². The maximum absolute atomic E-state index is 12.8. The molecule has 1 heterocycles. The third kappa shape index (κ3) is 3.12. The number of hydrogen-bond acceptors (Lipinski definition) is 2. The molecule has 1 aromatic carbocycles. The molecule has 0 spiro atoms. The molecular formula is C16H21BrN2O2. The van der Waals surface area contributed by atoms with Crippen LogP contribution in [0.5, 0.6) is 0 Å². The molecule has 0 aromatic heterocycles. The zero-order valence-corrected chi connectivity index (χ0v) is 14.6. The third-order valence-corrected chi connectivity index (χ3v) is 4.17. The van der Waals surface area contributed by atoms with E-state index < -0.39 is 12.1 Å². The van der Waals surface area contributed by atoms with Crippen LogP contribution in [0.4, 0.5) is 5.69 Å². The zero-order chi connectivity index (χ0) is 15.9. The van der Waals surface area contributed by atoms with E-state index in [0.29, 0.717) is 0 Å². The second-order valence-electron chi connectivity index (χ2n) is 6.68. The van der Waals surface area contributed by atoms with Crippen LogP contribution in [0.1, 0.15) is 33.3 Å².